The van der Waals surface area contributed by atoms with Crippen molar-refractivity contribution in [3.8, 4) is 0 Å². The van der Waals surface area contributed by atoms with E-state index in [1.807, 2.05) is 26.8 Å². The first kappa shape index (κ1) is 19.8. The second-order valence-corrected chi connectivity index (χ2v) is 10.2. The molecule has 0 heterocycles. The molecule has 0 bridgehead atoms. The first-order chi connectivity index (χ1) is 13.0. The van der Waals surface area contributed by atoms with E-state index in [2.05, 4.69) is 12.2 Å². The molecule has 0 spiro atoms. The third kappa shape index (κ3) is 2.51. The van der Waals surface area contributed by atoms with Gasteiger partial charge in [-0.15, -0.1) is 0 Å². The van der Waals surface area contributed by atoms with E-state index in [4.69, 9.17) is 0 Å². The monoisotopic (exact) mass is 387 g/mol. The molecule has 7 atom stereocenters. The zero-order valence-electron chi connectivity index (χ0n) is 17.4. The van der Waals surface area contributed by atoms with Crippen LogP contribution in [0.5, 0.6) is 0 Å². The minimum atomic E-state index is -1.44. The smallest absolute Gasteiger partial charge is 0.252 e. The maximum Gasteiger partial charge on any atom is 0.252 e. The van der Waals surface area contributed by atoms with Gasteiger partial charge in [0.05, 0.1) is 6.10 Å². The summed E-state index contributed by atoms with van der Waals surface area (Å²) in [5.74, 6) is 0.166. The zero-order chi connectivity index (χ0) is 20.5. The van der Waals surface area contributed by atoms with Crippen molar-refractivity contribution in [1.29, 1.82) is 0 Å². The van der Waals surface area contributed by atoms with Crippen LogP contribution in [0.15, 0.2) is 23.8 Å². The molecule has 154 valence electrons. The lowest BCUT2D eigenvalue weighted by Crippen LogP contribution is -2.63. The highest BCUT2D eigenvalue weighted by Gasteiger charge is 2.68. The van der Waals surface area contributed by atoms with Crippen molar-refractivity contribution in [3.05, 3.63) is 23.8 Å². The SMILES string of the molecule is CC(C)NC(=O)[C@@]1(O)CC[C@H]2[C@@H]3CCC4=CC(=O)C=C[C@]4(C)[C@H]3[C@@H](O)C[C@@]21C. The molecule has 28 heavy (non-hydrogen) atoms. The number of allylic oxidation sites excluding steroid dienone is 4. The van der Waals surface area contributed by atoms with Gasteiger partial charge in [-0.25, -0.2) is 0 Å². The number of fused-ring (bicyclic) bond motifs is 5. The Bertz CT molecular complexity index is 771. The van der Waals surface area contributed by atoms with Crippen molar-refractivity contribution >= 4 is 11.7 Å². The minimum absolute atomic E-state index is 0.0189. The van der Waals surface area contributed by atoms with Gasteiger partial charge in [-0.1, -0.05) is 25.5 Å². The molecule has 0 aromatic rings. The van der Waals surface area contributed by atoms with Crippen LogP contribution in [-0.2, 0) is 9.59 Å². The third-order valence-corrected chi connectivity index (χ3v) is 8.44. The van der Waals surface area contributed by atoms with Crippen molar-refractivity contribution in [1.82, 2.24) is 5.32 Å². The lowest BCUT2D eigenvalue weighted by atomic mass is 9.46. The molecule has 0 radical (unpaired) electrons. The molecule has 3 N–H and O–H groups in total. The van der Waals surface area contributed by atoms with E-state index in [1.165, 1.54) is 0 Å². The van der Waals surface area contributed by atoms with Crippen molar-refractivity contribution < 1.29 is 19.8 Å². The van der Waals surface area contributed by atoms with Gasteiger partial charge in [0.15, 0.2) is 5.78 Å². The topological polar surface area (TPSA) is 86.6 Å². The number of carbonyl (C=O) groups excluding carboxylic acids is 2. The average Bonchev–Trinajstić information content (AvgIpc) is 2.87. The van der Waals surface area contributed by atoms with Crippen LogP contribution >= 0.6 is 0 Å². The van der Waals surface area contributed by atoms with Gasteiger partial charge >= 0.3 is 0 Å². The van der Waals surface area contributed by atoms with Crippen LogP contribution in [0.4, 0.5) is 0 Å². The molecule has 3 saturated carbocycles. The summed E-state index contributed by atoms with van der Waals surface area (Å²) in [7, 11) is 0. The first-order valence-corrected chi connectivity index (χ1v) is 10.7. The van der Waals surface area contributed by atoms with Crippen LogP contribution in [0.3, 0.4) is 0 Å². The van der Waals surface area contributed by atoms with Crippen LogP contribution in [-0.4, -0.2) is 39.7 Å². The number of aliphatic hydroxyl groups is 2. The molecule has 5 heteroatoms. The Morgan fingerprint density at radius 1 is 1.29 bits per heavy atom. The van der Waals surface area contributed by atoms with E-state index in [9.17, 15) is 19.8 Å². The molecule has 0 unspecified atom stereocenters. The fraction of sp³-hybridized carbons (Fsp3) is 0.739. The Balaban J connectivity index is 1.70. The van der Waals surface area contributed by atoms with Gasteiger partial charge in [0, 0.05) is 22.8 Å². The number of hydrogen-bond donors (Lipinski definition) is 3. The molecular weight excluding hydrogens is 354 g/mol. The number of ketones is 1. The van der Waals surface area contributed by atoms with E-state index in [1.54, 1.807) is 12.2 Å². The van der Waals surface area contributed by atoms with Gasteiger partial charge < -0.3 is 15.5 Å². The predicted octanol–water partition coefficient (Wildman–Crippen LogP) is 2.52. The van der Waals surface area contributed by atoms with Crippen molar-refractivity contribution in [2.45, 2.75) is 77.5 Å². The summed E-state index contributed by atoms with van der Waals surface area (Å²) in [6, 6.07) is -0.0355. The van der Waals surface area contributed by atoms with Crippen LogP contribution < -0.4 is 5.32 Å². The van der Waals surface area contributed by atoms with Crippen molar-refractivity contribution in [2.24, 2.45) is 28.6 Å². The number of nitrogens with one attached hydrogen (secondary N) is 1. The number of rotatable bonds is 2. The molecule has 3 fully saturated rings. The predicted molar refractivity (Wildman–Crippen MR) is 106 cm³/mol. The maximum atomic E-state index is 12.9. The summed E-state index contributed by atoms with van der Waals surface area (Å²) >= 11 is 0. The van der Waals surface area contributed by atoms with Gasteiger partial charge in [0.1, 0.15) is 5.60 Å². The molecule has 4 rings (SSSR count). The van der Waals surface area contributed by atoms with Crippen LogP contribution in [0.1, 0.15) is 59.8 Å². The van der Waals surface area contributed by atoms with Crippen LogP contribution in [0.2, 0.25) is 0 Å². The summed E-state index contributed by atoms with van der Waals surface area (Å²) in [6.07, 6.45) is 8.13. The quantitative estimate of drug-likeness (QED) is 0.680. The summed E-state index contributed by atoms with van der Waals surface area (Å²) in [5.41, 5.74) is -1.28. The summed E-state index contributed by atoms with van der Waals surface area (Å²) in [4.78, 5) is 24.8. The number of aliphatic hydroxyl groups excluding tert-OH is 1. The highest BCUT2D eigenvalue weighted by atomic mass is 16.3. The Hall–Kier alpha value is -1.46. The van der Waals surface area contributed by atoms with Gasteiger partial charge in [-0.3, -0.25) is 9.59 Å². The lowest BCUT2D eigenvalue weighted by Gasteiger charge is -2.59. The van der Waals surface area contributed by atoms with Gasteiger partial charge in [0.25, 0.3) is 5.91 Å². The Kier molecular flexibility index (Phi) is 4.44. The summed E-state index contributed by atoms with van der Waals surface area (Å²) in [5, 5.41) is 25.7. The Morgan fingerprint density at radius 2 is 2.00 bits per heavy atom. The van der Waals surface area contributed by atoms with E-state index in [0.29, 0.717) is 12.8 Å². The Labute approximate surface area is 167 Å². The molecule has 5 nitrogen and oxygen atoms in total. The fourth-order valence-corrected chi connectivity index (χ4v) is 7.09. The molecule has 4 aliphatic carbocycles. The third-order valence-electron chi connectivity index (χ3n) is 8.44. The number of hydrogen-bond acceptors (Lipinski definition) is 4. The average molecular weight is 388 g/mol. The number of carbonyl (C=O) groups is 2. The molecule has 4 aliphatic rings. The van der Waals surface area contributed by atoms with Crippen molar-refractivity contribution in [2.75, 3.05) is 0 Å². The second-order valence-electron chi connectivity index (χ2n) is 10.2. The highest BCUT2D eigenvalue weighted by molar-refractivity contribution is 6.01. The zero-order valence-corrected chi connectivity index (χ0v) is 17.4. The summed E-state index contributed by atoms with van der Waals surface area (Å²) < 4.78 is 0. The van der Waals surface area contributed by atoms with E-state index in [0.717, 1.165) is 24.8 Å². The molecular formula is C23H33NO4. The standard InChI is InChI=1S/C23H33NO4/c1-13(2)24-20(27)23(28)10-8-17-16-6-5-14-11-15(25)7-9-21(14,3)19(16)18(26)12-22(17,23)4/h7,9,11,13,16-19,26,28H,5-6,8,10,12H2,1-4H3,(H,24,27)/t16-,17-,18-,19+,21-,22-,23-/m0/s1. The Morgan fingerprint density at radius 3 is 2.68 bits per heavy atom. The fourth-order valence-electron chi connectivity index (χ4n) is 7.09. The molecule has 0 aromatic heterocycles. The minimum Gasteiger partial charge on any atom is -0.393 e. The molecule has 0 aromatic carbocycles. The highest BCUT2D eigenvalue weighted by Crippen LogP contribution is 2.66. The largest absolute Gasteiger partial charge is 0.393 e. The molecule has 0 saturated heterocycles. The molecule has 0 aliphatic heterocycles. The molecule has 1 amide bonds. The van der Waals surface area contributed by atoms with Crippen LogP contribution in [0, 0.1) is 28.6 Å². The van der Waals surface area contributed by atoms with Gasteiger partial charge in [-0.05, 0) is 69.9 Å². The lowest BCUT2D eigenvalue weighted by molar-refractivity contribution is -0.178. The van der Waals surface area contributed by atoms with E-state index < -0.39 is 17.1 Å². The van der Waals surface area contributed by atoms with Crippen LogP contribution in [0.25, 0.3) is 0 Å². The van der Waals surface area contributed by atoms with Gasteiger partial charge in [0.2, 0.25) is 0 Å². The summed E-state index contributed by atoms with van der Waals surface area (Å²) in [6.45, 7) is 7.93. The van der Waals surface area contributed by atoms with Gasteiger partial charge in [-0.2, -0.15) is 0 Å². The second kappa shape index (κ2) is 6.27. The normalized spacial score (nSPS) is 47.2. The van der Waals surface area contributed by atoms with E-state index >= 15 is 0 Å². The number of amides is 1. The first-order valence-electron chi connectivity index (χ1n) is 10.7. The van der Waals surface area contributed by atoms with E-state index in [-0.39, 0.29) is 40.9 Å². The van der Waals surface area contributed by atoms with Crippen molar-refractivity contribution in [3.63, 3.8) is 0 Å². The maximum absolute atomic E-state index is 12.9.